The van der Waals surface area contributed by atoms with Crippen LogP contribution < -0.4 is 11.1 Å². The van der Waals surface area contributed by atoms with E-state index < -0.39 is 17.5 Å². The molecule has 4 N–H and O–H groups in total. The van der Waals surface area contributed by atoms with Crippen LogP contribution in [0.25, 0.3) is 0 Å². The second-order valence-electron chi connectivity index (χ2n) is 4.10. The topological polar surface area (TPSA) is 92.4 Å². The molecule has 0 aliphatic rings. The fraction of sp³-hybridized carbons (Fsp3) is 0.333. The molecule has 5 nitrogen and oxygen atoms in total. The average molecular weight is 268 g/mol. The van der Waals surface area contributed by atoms with Crippen LogP contribution in [0.3, 0.4) is 0 Å². The van der Waals surface area contributed by atoms with Crippen LogP contribution in [0.15, 0.2) is 30.3 Å². The number of carboxylic acid groups (broad SMARTS) is 1. The van der Waals surface area contributed by atoms with E-state index >= 15 is 0 Å². The molecule has 6 heteroatoms. The van der Waals surface area contributed by atoms with E-state index in [0.29, 0.717) is 5.75 Å². The molecule has 98 valence electrons. The van der Waals surface area contributed by atoms with E-state index in [9.17, 15) is 9.59 Å². The summed E-state index contributed by atoms with van der Waals surface area (Å²) in [4.78, 5) is 21.9. The van der Waals surface area contributed by atoms with Gasteiger partial charge >= 0.3 is 12.0 Å². The van der Waals surface area contributed by atoms with E-state index in [1.165, 1.54) is 18.7 Å². The molecule has 1 aromatic rings. The lowest BCUT2D eigenvalue weighted by atomic mass is 10.1. The van der Waals surface area contributed by atoms with Gasteiger partial charge in [-0.25, -0.2) is 9.59 Å². The maximum absolute atomic E-state index is 11.1. The van der Waals surface area contributed by atoms with E-state index in [1.807, 2.05) is 30.3 Å². The largest absolute Gasteiger partial charge is 0.479 e. The first kappa shape index (κ1) is 14.4. The van der Waals surface area contributed by atoms with Gasteiger partial charge in [-0.2, -0.15) is 11.8 Å². The Morgan fingerprint density at radius 3 is 2.50 bits per heavy atom. The van der Waals surface area contributed by atoms with Gasteiger partial charge in [0.15, 0.2) is 0 Å². The molecule has 1 atom stereocenters. The van der Waals surface area contributed by atoms with Gasteiger partial charge in [-0.3, -0.25) is 0 Å². The zero-order chi connectivity index (χ0) is 13.6. The molecule has 1 aromatic carbocycles. The zero-order valence-corrected chi connectivity index (χ0v) is 10.9. The van der Waals surface area contributed by atoms with Gasteiger partial charge in [0.1, 0.15) is 5.54 Å². The molecule has 18 heavy (non-hydrogen) atoms. The average Bonchev–Trinajstić information content (AvgIpc) is 2.29. The Morgan fingerprint density at radius 2 is 2.00 bits per heavy atom. The Labute approximate surface area is 110 Å². The van der Waals surface area contributed by atoms with Gasteiger partial charge in [0.05, 0.1) is 0 Å². The minimum absolute atomic E-state index is 0.250. The van der Waals surface area contributed by atoms with Gasteiger partial charge in [-0.1, -0.05) is 30.3 Å². The van der Waals surface area contributed by atoms with Crippen molar-refractivity contribution in [1.82, 2.24) is 5.32 Å². The molecule has 0 aromatic heterocycles. The number of nitrogens with one attached hydrogen (secondary N) is 1. The summed E-state index contributed by atoms with van der Waals surface area (Å²) >= 11 is 1.43. The first-order valence-corrected chi connectivity index (χ1v) is 6.52. The van der Waals surface area contributed by atoms with Crippen molar-refractivity contribution in [3.05, 3.63) is 35.9 Å². The summed E-state index contributed by atoms with van der Waals surface area (Å²) in [7, 11) is 0. The molecule has 0 saturated heterocycles. The monoisotopic (exact) mass is 268 g/mol. The van der Waals surface area contributed by atoms with E-state index in [-0.39, 0.29) is 5.75 Å². The van der Waals surface area contributed by atoms with Gasteiger partial charge in [-0.05, 0) is 12.5 Å². The molecular formula is C12H16N2O3S. The lowest BCUT2D eigenvalue weighted by Crippen LogP contribution is -2.55. The molecule has 0 heterocycles. The Hall–Kier alpha value is -1.69. The summed E-state index contributed by atoms with van der Waals surface area (Å²) in [6.45, 7) is 1.44. The molecule has 1 rings (SSSR count). The first-order valence-electron chi connectivity index (χ1n) is 5.37. The van der Waals surface area contributed by atoms with Crippen LogP contribution in [-0.4, -0.2) is 28.4 Å². The quantitative estimate of drug-likeness (QED) is 0.727. The summed E-state index contributed by atoms with van der Waals surface area (Å²) in [5.74, 6) is -0.161. The molecule has 0 aliphatic carbocycles. The number of amides is 2. The van der Waals surface area contributed by atoms with Crippen LogP contribution in [-0.2, 0) is 10.5 Å². The second-order valence-corrected chi connectivity index (χ2v) is 5.09. The number of hydrogen-bond donors (Lipinski definition) is 3. The van der Waals surface area contributed by atoms with Crippen LogP contribution in [0.4, 0.5) is 4.79 Å². The van der Waals surface area contributed by atoms with Crippen LogP contribution in [0.1, 0.15) is 12.5 Å². The SMILES string of the molecule is C[C@@](CSCc1ccccc1)(NC(N)=O)C(=O)O. The van der Waals surface area contributed by atoms with Crippen LogP contribution in [0.2, 0.25) is 0 Å². The molecule has 0 spiro atoms. The van der Waals surface area contributed by atoms with Crippen LogP contribution in [0.5, 0.6) is 0 Å². The molecular weight excluding hydrogens is 252 g/mol. The molecule has 0 saturated carbocycles. The number of hydrogen-bond acceptors (Lipinski definition) is 3. The van der Waals surface area contributed by atoms with E-state index in [4.69, 9.17) is 10.8 Å². The minimum atomic E-state index is -1.34. The predicted molar refractivity (Wildman–Crippen MR) is 71.4 cm³/mol. The smallest absolute Gasteiger partial charge is 0.330 e. The van der Waals surface area contributed by atoms with Crippen LogP contribution >= 0.6 is 11.8 Å². The number of benzene rings is 1. The number of carboxylic acids is 1. The number of urea groups is 1. The van der Waals surface area contributed by atoms with Crippen molar-refractivity contribution in [1.29, 1.82) is 0 Å². The Kier molecular flexibility index (Phi) is 5.03. The van der Waals surface area contributed by atoms with Crippen molar-refractivity contribution in [2.24, 2.45) is 5.73 Å². The Balaban J connectivity index is 2.53. The first-order chi connectivity index (χ1) is 8.44. The highest BCUT2D eigenvalue weighted by atomic mass is 32.2. The normalized spacial score (nSPS) is 13.6. The van der Waals surface area contributed by atoms with Crippen molar-refractivity contribution in [3.8, 4) is 0 Å². The molecule has 0 bridgehead atoms. The van der Waals surface area contributed by atoms with Gasteiger partial charge in [0.25, 0.3) is 0 Å². The van der Waals surface area contributed by atoms with Crippen molar-refractivity contribution in [2.45, 2.75) is 18.2 Å². The highest BCUT2D eigenvalue weighted by Gasteiger charge is 2.34. The third-order valence-electron chi connectivity index (χ3n) is 2.37. The summed E-state index contributed by atoms with van der Waals surface area (Å²) in [6.07, 6.45) is 0. The van der Waals surface area contributed by atoms with Crippen molar-refractivity contribution < 1.29 is 14.7 Å². The fourth-order valence-electron chi connectivity index (χ4n) is 1.37. The molecule has 0 fully saturated rings. The van der Waals surface area contributed by atoms with Crippen molar-refractivity contribution in [2.75, 3.05) is 5.75 Å². The summed E-state index contributed by atoms with van der Waals surface area (Å²) in [5, 5.41) is 11.4. The number of primary amides is 1. The third-order valence-corrected chi connectivity index (χ3v) is 3.69. The lowest BCUT2D eigenvalue weighted by molar-refractivity contribution is -0.142. The maximum Gasteiger partial charge on any atom is 0.330 e. The standard InChI is InChI=1S/C12H16N2O3S/c1-12(10(15)16,14-11(13)17)8-18-7-9-5-3-2-4-6-9/h2-6H,7-8H2,1H3,(H,15,16)(H3,13,14,17)/t12-/m0/s1. The minimum Gasteiger partial charge on any atom is -0.479 e. The Bertz CT molecular complexity index is 425. The molecule has 2 amide bonds. The highest BCUT2D eigenvalue weighted by molar-refractivity contribution is 7.98. The fourth-order valence-corrected chi connectivity index (χ4v) is 2.50. The number of nitrogens with two attached hydrogens (primary N) is 1. The molecule has 0 unspecified atom stereocenters. The number of aliphatic carboxylic acids is 1. The Morgan fingerprint density at radius 1 is 1.39 bits per heavy atom. The van der Waals surface area contributed by atoms with Gasteiger partial charge < -0.3 is 16.2 Å². The number of rotatable bonds is 6. The van der Waals surface area contributed by atoms with Crippen LogP contribution in [0, 0.1) is 0 Å². The molecule has 0 radical (unpaired) electrons. The molecule has 0 aliphatic heterocycles. The summed E-state index contributed by atoms with van der Waals surface area (Å²) in [6, 6.07) is 8.87. The summed E-state index contributed by atoms with van der Waals surface area (Å²) in [5.41, 5.74) is 4.74. The van der Waals surface area contributed by atoms with Gasteiger partial charge in [0.2, 0.25) is 0 Å². The zero-order valence-electron chi connectivity index (χ0n) is 10.1. The van der Waals surface area contributed by atoms with Gasteiger partial charge in [0, 0.05) is 11.5 Å². The van der Waals surface area contributed by atoms with E-state index in [1.54, 1.807) is 0 Å². The maximum atomic E-state index is 11.1. The highest BCUT2D eigenvalue weighted by Crippen LogP contribution is 2.18. The third kappa shape index (κ3) is 4.29. The van der Waals surface area contributed by atoms with Gasteiger partial charge in [-0.15, -0.1) is 0 Å². The van der Waals surface area contributed by atoms with Crippen molar-refractivity contribution >= 4 is 23.8 Å². The number of carbonyl (C=O) groups is 2. The predicted octanol–water partition coefficient (Wildman–Crippen LogP) is 1.43. The van der Waals surface area contributed by atoms with Crippen molar-refractivity contribution in [3.63, 3.8) is 0 Å². The number of carbonyl (C=O) groups excluding carboxylic acids is 1. The lowest BCUT2D eigenvalue weighted by Gasteiger charge is -2.24. The number of thioether (sulfide) groups is 1. The van der Waals surface area contributed by atoms with E-state index in [2.05, 4.69) is 5.32 Å². The second kappa shape index (κ2) is 6.30. The summed E-state index contributed by atoms with van der Waals surface area (Å²) < 4.78 is 0. The van der Waals surface area contributed by atoms with E-state index in [0.717, 1.165) is 5.56 Å².